The zero-order valence-corrected chi connectivity index (χ0v) is 17.1. The van der Waals surface area contributed by atoms with Crippen LogP contribution in [0.3, 0.4) is 0 Å². The number of thiocarbonyl (C=S) groups is 1. The minimum atomic E-state index is -0.101. The number of rotatable bonds is 4. The quantitative estimate of drug-likeness (QED) is 0.733. The predicted molar refractivity (Wildman–Crippen MR) is 111 cm³/mol. The van der Waals surface area contributed by atoms with E-state index >= 15 is 0 Å². The Labute approximate surface area is 175 Å². The number of fused-ring (bicyclic) bond motifs is 1. The molecule has 0 unspecified atom stereocenters. The third-order valence-electron chi connectivity index (χ3n) is 6.12. The molecule has 0 amide bonds. The van der Waals surface area contributed by atoms with Crippen molar-refractivity contribution < 1.29 is 9.47 Å². The molecule has 1 aromatic carbocycles. The summed E-state index contributed by atoms with van der Waals surface area (Å²) in [5.41, 5.74) is 0.978. The summed E-state index contributed by atoms with van der Waals surface area (Å²) in [4.78, 5) is 0. The van der Waals surface area contributed by atoms with Crippen LogP contribution in [0.2, 0.25) is 0 Å². The van der Waals surface area contributed by atoms with Crippen LogP contribution in [0.4, 0.5) is 0 Å². The number of ether oxygens (including phenoxy) is 2. The van der Waals surface area contributed by atoms with E-state index in [0.717, 1.165) is 11.4 Å². The Morgan fingerprint density at radius 2 is 1.79 bits per heavy atom. The summed E-state index contributed by atoms with van der Waals surface area (Å²) in [6, 6.07) is 10.4. The molecule has 0 radical (unpaired) electrons. The fraction of sp³-hybridized carbons (Fsp3) is 0.600. The van der Waals surface area contributed by atoms with Crippen LogP contribution in [-0.2, 0) is 9.47 Å². The first-order valence-corrected chi connectivity index (χ1v) is 10.8. The number of hydrogen-bond donors (Lipinski definition) is 2. The van der Waals surface area contributed by atoms with Crippen molar-refractivity contribution in [3.63, 3.8) is 0 Å². The highest BCUT2D eigenvalue weighted by atomic mass is 32.1. The van der Waals surface area contributed by atoms with E-state index in [-0.39, 0.29) is 24.3 Å². The van der Waals surface area contributed by atoms with Crippen LogP contribution in [0, 0.1) is 0 Å². The highest BCUT2D eigenvalue weighted by Gasteiger charge is 2.49. The van der Waals surface area contributed by atoms with E-state index in [9.17, 15) is 0 Å². The standard InChI is InChI=1S/C20H26N6O2S/c29-20(21-14-9-5-2-6-10-14)22-15-11-27-18-16(12-28-17(15)18)26-19(23-24-25-26)13-7-3-1-4-8-13/h1,3-4,7-8,14-18H,2,5-6,9-12H2,(H2,21,22,29)/t15-,16-,17+,18+/m0/s1. The SMILES string of the molecule is S=C(NC1CCCCC1)N[C@H]1CO[C@H]2[C@@H]1OC[C@@H]2n1nnnc1-c1ccccc1. The molecule has 3 heterocycles. The molecule has 0 spiro atoms. The zero-order chi connectivity index (χ0) is 19.6. The zero-order valence-electron chi connectivity index (χ0n) is 16.2. The molecule has 1 aromatic heterocycles. The lowest BCUT2D eigenvalue weighted by Gasteiger charge is -2.26. The van der Waals surface area contributed by atoms with Crippen LogP contribution < -0.4 is 10.6 Å². The molecule has 2 aromatic rings. The fourth-order valence-electron chi connectivity index (χ4n) is 4.65. The van der Waals surface area contributed by atoms with Crippen LogP contribution in [0.1, 0.15) is 38.1 Å². The summed E-state index contributed by atoms with van der Waals surface area (Å²) >= 11 is 5.55. The van der Waals surface area contributed by atoms with Crippen LogP contribution in [-0.4, -0.2) is 62.8 Å². The molecule has 4 atom stereocenters. The lowest BCUT2D eigenvalue weighted by Crippen LogP contribution is -2.50. The monoisotopic (exact) mass is 414 g/mol. The third-order valence-corrected chi connectivity index (χ3v) is 6.36. The predicted octanol–water partition coefficient (Wildman–Crippen LogP) is 1.84. The van der Waals surface area contributed by atoms with Crippen LogP contribution in [0.5, 0.6) is 0 Å². The van der Waals surface area contributed by atoms with Crippen LogP contribution in [0.15, 0.2) is 30.3 Å². The summed E-state index contributed by atoms with van der Waals surface area (Å²) < 4.78 is 14.1. The van der Waals surface area contributed by atoms with Crippen molar-refractivity contribution in [2.24, 2.45) is 0 Å². The number of aromatic nitrogens is 4. The van der Waals surface area contributed by atoms with Gasteiger partial charge in [0.2, 0.25) is 0 Å². The smallest absolute Gasteiger partial charge is 0.182 e. The average molecular weight is 415 g/mol. The van der Waals surface area contributed by atoms with Crippen molar-refractivity contribution in [2.45, 2.75) is 62.4 Å². The van der Waals surface area contributed by atoms with Gasteiger partial charge >= 0.3 is 0 Å². The Kier molecular flexibility index (Phi) is 5.43. The van der Waals surface area contributed by atoms with E-state index in [1.54, 1.807) is 0 Å². The molecule has 154 valence electrons. The summed E-state index contributed by atoms with van der Waals surface area (Å²) in [7, 11) is 0. The molecule has 29 heavy (non-hydrogen) atoms. The van der Waals surface area contributed by atoms with Gasteiger partial charge in [-0.1, -0.05) is 49.6 Å². The molecular formula is C20H26N6O2S. The van der Waals surface area contributed by atoms with Gasteiger partial charge in [-0.05, 0) is 35.5 Å². The number of nitrogens with zero attached hydrogens (tertiary/aromatic N) is 4. The molecule has 3 fully saturated rings. The molecule has 0 bridgehead atoms. The Morgan fingerprint density at radius 1 is 1.00 bits per heavy atom. The Hall–Kier alpha value is -2.10. The molecule has 2 aliphatic heterocycles. The van der Waals surface area contributed by atoms with Gasteiger partial charge in [0.1, 0.15) is 18.2 Å². The number of benzene rings is 1. The van der Waals surface area contributed by atoms with Crippen molar-refractivity contribution >= 4 is 17.3 Å². The van der Waals surface area contributed by atoms with Gasteiger partial charge in [0.25, 0.3) is 0 Å². The molecule has 1 aliphatic carbocycles. The van der Waals surface area contributed by atoms with Gasteiger partial charge in [-0.25, -0.2) is 4.68 Å². The maximum Gasteiger partial charge on any atom is 0.182 e. The summed E-state index contributed by atoms with van der Waals surface area (Å²) in [5.74, 6) is 0.731. The molecule has 2 N–H and O–H groups in total. The first kappa shape index (κ1) is 18.9. The summed E-state index contributed by atoms with van der Waals surface area (Å²) in [5, 5.41) is 19.9. The fourth-order valence-corrected chi connectivity index (χ4v) is 4.97. The van der Waals surface area contributed by atoms with Crippen molar-refractivity contribution in [2.75, 3.05) is 13.2 Å². The van der Waals surface area contributed by atoms with Crippen molar-refractivity contribution in [3.05, 3.63) is 30.3 Å². The van der Waals surface area contributed by atoms with Gasteiger partial charge in [0, 0.05) is 11.6 Å². The van der Waals surface area contributed by atoms with E-state index in [0.29, 0.717) is 24.4 Å². The van der Waals surface area contributed by atoms with Gasteiger partial charge in [-0.15, -0.1) is 5.10 Å². The second kappa shape index (κ2) is 8.33. The molecule has 9 heteroatoms. The van der Waals surface area contributed by atoms with Gasteiger partial charge in [-0.3, -0.25) is 0 Å². The lowest BCUT2D eigenvalue weighted by atomic mass is 9.96. The van der Waals surface area contributed by atoms with Gasteiger partial charge < -0.3 is 20.1 Å². The molecule has 3 aliphatic rings. The van der Waals surface area contributed by atoms with E-state index < -0.39 is 0 Å². The maximum atomic E-state index is 6.12. The highest BCUT2D eigenvalue weighted by Crippen LogP contribution is 2.35. The van der Waals surface area contributed by atoms with Gasteiger partial charge in [0.05, 0.1) is 19.3 Å². The highest BCUT2D eigenvalue weighted by molar-refractivity contribution is 7.80. The first-order chi connectivity index (χ1) is 14.3. The third kappa shape index (κ3) is 3.86. The normalized spacial score (nSPS) is 29.5. The van der Waals surface area contributed by atoms with E-state index in [2.05, 4.69) is 26.2 Å². The van der Waals surface area contributed by atoms with Crippen LogP contribution >= 0.6 is 12.2 Å². The maximum absolute atomic E-state index is 6.12. The Bertz CT molecular complexity index is 841. The molecule has 8 nitrogen and oxygen atoms in total. The Balaban J connectivity index is 1.24. The minimum Gasteiger partial charge on any atom is -0.371 e. The lowest BCUT2D eigenvalue weighted by molar-refractivity contribution is 0.0626. The van der Waals surface area contributed by atoms with E-state index in [1.807, 2.05) is 35.0 Å². The summed E-state index contributed by atoms with van der Waals surface area (Å²) in [6.07, 6.45) is 6.09. The molecular weight excluding hydrogens is 388 g/mol. The largest absolute Gasteiger partial charge is 0.371 e. The number of tetrazole rings is 1. The summed E-state index contributed by atoms with van der Waals surface area (Å²) in [6.45, 7) is 1.07. The number of nitrogens with one attached hydrogen (secondary N) is 2. The van der Waals surface area contributed by atoms with Crippen molar-refractivity contribution in [1.29, 1.82) is 0 Å². The minimum absolute atomic E-state index is 0.0326. The second-order valence-corrected chi connectivity index (χ2v) is 8.44. The topological polar surface area (TPSA) is 86.1 Å². The average Bonchev–Trinajstić information content (AvgIpc) is 3.47. The van der Waals surface area contributed by atoms with E-state index in [4.69, 9.17) is 21.7 Å². The van der Waals surface area contributed by atoms with E-state index in [1.165, 1.54) is 32.1 Å². The first-order valence-electron chi connectivity index (χ1n) is 10.4. The molecule has 1 saturated carbocycles. The number of hydrogen-bond acceptors (Lipinski definition) is 6. The molecule has 2 saturated heterocycles. The van der Waals surface area contributed by atoms with Gasteiger partial charge in [-0.2, -0.15) is 0 Å². The van der Waals surface area contributed by atoms with Crippen LogP contribution in [0.25, 0.3) is 11.4 Å². The van der Waals surface area contributed by atoms with Gasteiger partial charge in [0.15, 0.2) is 10.9 Å². The molecule has 5 rings (SSSR count). The van der Waals surface area contributed by atoms with Crippen molar-refractivity contribution in [3.8, 4) is 11.4 Å². The second-order valence-electron chi connectivity index (χ2n) is 8.04. The van der Waals surface area contributed by atoms with Crippen molar-refractivity contribution in [1.82, 2.24) is 30.8 Å². The Morgan fingerprint density at radius 3 is 2.62 bits per heavy atom.